The highest BCUT2D eigenvalue weighted by Gasteiger charge is 2.02. The quantitative estimate of drug-likeness (QED) is 0.595. The molecular weight excluding hydrogens is 250 g/mol. The summed E-state index contributed by atoms with van der Waals surface area (Å²) in [5, 5.41) is 6.67. The number of rotatable bonds is 7. The van der Waals surface area contributed by atoms with Gasteiger partial charge >= 0.3 is 0 Å². The van der Waals surface area contributed by atoms with Crippen molar-refractivity contribution in [2.75, 3.05) is 13.7 Å². The first-order chi connectivity index (χ1) is 9.69. The van der Waals surface area contributed by atoms with Crippen molar-refractivity contribution in [1.82, 2.24) is 10.6 Å². The van der Waals surface area contributed by atoms with Crippen LogP contribution < -0.4 is 10.6 Å². The van der Waals surface area contributed by atoms with Gasteiger partial charge in [0.2, 0.25) is 0 Å². The van der Waals surface area contributed by atoms with Gasteiger partial charge in [0.05, 0.1) is 6.61 Å². The second-order valence-electron chi connectivity index (χ2n) is 4.83. The highest BCUT2D eigenvalue weighted by Crippen LogP contribution is 2.05. The molecule has 20 heavy (non-hydrogen) atoms. The van der Waals surface area contributed by atoms with Crippen LogP contribution in [0.15, 0.2) is 29.3 Å². The van der Waals surface area contributed by atoms with Crippen molar-refractivity contribution in [3.8, 4) is 0 Å². The monoisotopic (exact) mass is 277 g/mol. The van der Waals surface area contributed by atoms with Crippen LogP contribution in [0.2, 0.25) is 0 Å². The van der Waals surface area contributed by atoms with Crippen molar-refractivity contribution >= 4 is 5.96 Å². The Morgan fingerprint density at radius 3 is 2.40 bits per heavy atom. The van der Waals surface area contributed by atoms with Gasteiger partial charge in [-0.1, -0.05) is 31.2 Å². The maximum Gasteiger partial charge on any atom is 0.191 e. The molecule has 0 fully saturated rings. The summed E-state index contributed by atoms with van der Waals surface area (Å²) in [5.74, 6) is 0.845. The fraction of sp³-hybridized carbons (Fsp3) is 0.562. The minimum Gasteiger partial charge on any atom is -0.377 e. The van der Waals surface area contributed by atoms with Gasteiger partial charge in [0.15, 0.2) is 5.96 Å². The lowest BCUT2D eigenvalue weighted by Crippen LogP contribution is -2.41. The van der Waals surface area contributed by atoms with E-state index < -0.39 is 0 Å². The average Bonchev–Trinajstić information content (AvgIpc) is 2.50. The molecule has 1 aromatic rings. The second-order valence-corrected chi connectivity index (χ2v) is 4.83. The highest BCUT2D eigenvalue weighted by molar-refractivity contribution is 5.79. The lowest BCUT2D eigenvalue weighted by Gasteiger charge is -2.16. The van der Waals surface area contributed by atoms with Crippen LogP contribution in [0.1, 0.15) is 38.3 Å². The van der Waals surface area contributed by atoms with Crippen LogP contribution in [0.4, 0.5) is 0 Å². The Morgan fingerprint density at radius 2 is 1.85 bits per heavy atom. The molecular formula is C16H27N3O. The van der Waals surface area contributed by atoms with E-state index in [0.29, 0.717) is 12.6 Å². The van der Waals surface area contributed by atoms with Gasteiger partial charge < -0.3 is 15.4 Å². The molecule has 0 aliphatic carbocycles. The standard InChI is InChI=1S/C16H27N3O/c1-5-13(3)19-16(17-4)18-11-14-7-9-15(10-8-14)12-20-6-2/h7-10,13H,5-6,11-12H2,1-4H3,(H2,17,18,19). The van der Waals surface area contributed by atoms with Crippen molar-refractivity contribution in [3.63, 3.8) is 0 Å². The van der Waals surface area contributed by atoms with E-state index in [1.807, 2.05) is 6.92 Å². The van der Waals surface area contributed by atoms with Gasteiger partial charge in [0.25, 0.3) is 0 Å². The molecule has 0 radical (unpaired) electrons. The van der Waals surface area contributed by atoms with E-state index in [9.17, 15) is 0 Å². The van der Waals surface area contributed by atoms with Crippen LogP contribution in [-0.4, -0.2) is 25.7 Å². The molecule has 1 atom stereocenters. The number of aliphatic imine (C=N–C) groups is 1. The van der Waals surface area contributed by atoms with Gasteiger partial charge in [-0.05, 0) is 31.4 Å². The highest BCUT2D eigenvalue weighted by atomic mass is 16.5. The first-order valence-corrected chi connectivity index (χ1v) is 7.32. The molecule has 4 nitrogen and oxygen atoms in total. The average molecular weight is 277 g/mol. The molecule has 112 valence electrons. The van der Waals surface area contributed by atoms with E-state index in [1.165, 1.54) is 11.1 Å². The van der Waals surface area contributed by atoms with E-state index in [2.05, 4.69) is 53.7 Å². The van der Waals surface area contributed by atoms with Crippen LogP contribution in [0, 0.1) is 0 Å². The maximum absolute atomic E-state index is 5.39. The Kier molecular flexibility index (Phi) is 7.73. The minimum atomic E-state index is 0.426. The van der Waals surface area contributed by atoms with E-state index >= 15 is 0 Å². The zero-order valence-corrected chi connectivity index (χ0v) is 13.1. The molecule has 0 spiro atoms. The first kappa shape index (κ1) is 16.5. The van der Waals surface area contributed by atoms with Crippen molar-refractivity contribution in [2.24, 2.45) is 4.99 Å². The first-order valence-electron chi connectivity index (χ1n) is 7.32. The fourth-order valence-corrected chi connectivity index (χ4v) is 1.69. The van der Waals surface area contributed by atoms with Crippen molar-refractivity contribution in [3.05, 3.63) is 35.4 Å². The largest absolute Gasteiger partial charge is 0.377 e. The lowest BCUT2D eigenvalue weighted by molar-refractivity contribution is 0.134. The summed E-state index contributed by atoms with van der Waals surface area (Å²) in [7, 11) is 1.79. The Morgan fingerprint density at radius 1 is 1.20 bits per heavy atom. The third-order valence-corrected chi connectivity index (χ3v) is 3.17. The smallest absolute Gasteiger partial charge is 0.191 e. The summed E-state index contributed by atoms with van der Waals surface area (Å²) in [5.41, 5.74) is 2.44. The zero-order chi connectivity index (χ0) is 14.8. The molecule has 0 amide bonds. The molecule has 0 aromatic heterocycles. The van der Waals surface area contributed by atoms with Gasteiger partial charge in [0, 0.05) is 26.2 Å². The van der Waals surface area contributed by atoms with Gasteiger partial charge in [-0.3, -0.25) is 4.99 Å². The van der Waals surface area contributed by atoms with E-state index in [1.54, 1.807) is 7.05 Å². The minimum absolute atomic E-state index is 0.426. The number of nitrogens with one attached hydrogen (secondary N) is 2. The Bertz CT molecular complexity index is 401. The van der Waals surface area contributed by atoms with Crippen LogP contribution in [-0.2, 0) is 17.9 Å². The Labute approximate surface area is 122 Å². The molecule has 0 saturated carbocycles. The summed E-state index contributed by atoms with van der Waals surface area (Å²) in [4.78, 5) is 4.22. The second kappa shape index (κ2) is 9.37. The molecule has 0 aliphatic rings. The van der Waals surface area contributed by atoms with Crippen LogP contribution in [0.3, 0.4) is 0 Å². The predicted octanol–water partition coefficient (Wildman–Crippen LogP) is 2.69. The summed E-state index contributed by atoms with van der Waals surface area (Å²) >= 11 is 0. The number of hydrogen-bond donors (Lipinski definition) is 2. The molecule has 0 bridgehead atoms. The van der Waals surface area contributed by atoms with Crippen LogP contribution >= 0.6 is 0 Å². The van der Waals surface area contributed by atoms with E-state index in [4.69, 9.17) is 4.74 Å². The summed E-state index contributed by atoms with van der Waals surface area (Å²) < 4.78 is 5.39. The molecule has 2 N–H and O–H groups in total. The van der Waals surface area contributed by atoms with E-state index in [-0.39, 0.29) is 0 Å². The van der Waals surface area contributed by atoms with Gasteiger partial charge in [-0.15, -0.1) is 0 Å². The third-order valence-electron chi connectivity index (χ3n) is 3.17. The molecule has 0 saturated heterocycles. The predicted molar refractivity (Wildman–Crippen MR) is 84.9 cm³/mol. The third kappa shape index (κ3) is 6.06. The number of benzene rings is 1. The molecule has 0 heterocycles. The zero-order valence-electron chi connectivity index (χ0n) is 13.1. The SMILES string of the molecule is CCOCc1ccc(CNC(=NC)NC(C)CC)cc1. The molecule has 0 aliphatic heterocycles. The Hall–Kier alpha value is -1.55. The molecule has 1 aromatic carbocycles. The van der Waals surface area contributed by atoms with Gasteiger partial charge in [-0.25, -0.2) is 0 Å². The summed E-state index contributed by atoms with van der Waals surface area (Å²) in [6, 6.07) is 8.89. The van der Waals surface area contributed by atoms with E-state index in [0.717, 1.165) is 25.5 Å². The number of nitrogens with zero attached hydrogens (tertiary/aromatic N) is 1. The van der Waals surface area contributed by atoms with Crippen molar-refractivity contribution in [2.45, 2.75) is 46.4 Å². The number of guanidine groups is 1. The number of ether oxygens (including phenoxy) is 1. The fourth-order valence-electron chi connectivity index (χ4n) is 1.69. The maximum atomic E-state index is 5.39. The normalized spacial score (nSPS) is 13.1. The van der Waals surface area contributed by atoms with Crippen LogP contribution in [0.5, 0.6) is 0 Å². The van der Waals surface area contributed by atoms with Crippen molar-refractivity contribution < 1.29 is 4.74 Å². The van der Waals surface area contributed by atoms with Crippen molar-refractivity contribution in [1.29, 1.82) is 0 Å². The molecule has 4 heteroatoms. The summed E-state index contributed by atoms with van der Waals surface area (Å²) in [6.07, 6.45) is 1.08. The molecule has 1 unspecified atom stereocenters. The van der Waals surface area contributed by atoms with Crippen LogP contribution in [0.25, 0.3) is 0 Å². The Balaban J connectivity index is 2.44. The molecule has 1 rings (SSSR count). The van der Waals surface area contributed by atoms with Gasteiger partial charge in [-0.2, -0.15) is 0 Å². The van der Waals surface area contributed by atoms with Gasteiger partial charge in [0.1, 0.15) is 0 Å². The summed E-state index contributed by atoms with van der Waals surface area (Å²) in [6.45, 7) is 8.51. The topological polar surface area (TPSA) is 45.6 Å². The lowest BCUT2D eigenvalue weighted by atomic mass is 10.1. The number of hydrogen-bond acceptors (Lipinski definition) is 2.